The molecule has 0 unspecified atom stereocenters. The molecule has 1 aliphatic rings. The molecule has 1 fully saturated rings. The summed E-state index contributed by atoms with van der Waals surface area (Å²) < 4.78 is 2.27. The van der Waals surface area contributed by atoms with Gasteiger partial charge >= 0.3 is 0 Å². The molecule has 3 heterocycles. The van der Waals surface area contributed by atoms with E-state index in [1.165, 1.54) is 17.0 Å². The molecule has 4 heteroatoms. The highest BCUT2D eigenvalue weighted by Crippen LogP contribution is 2.11. The molecule has 3 rings (SSSR count). The first-order valence-corrected chi connectivity index (χ1v) is 6.69. The van der Waals surface area contributed by atoms with E-state index in [2.05, 4.69) is 44.7 Å². The van der Waals surface area contributed by atoms with Gasteiger partial charge in [0.25, 0.3) is 0 Å². The van der Waals surface area contributed by atoms with Crippen LogP contribution in [0.5, 0.6) is 0 Å². The van der Waals surface area contributed by atoms with E-state index in [0.717, 1.165) is 39.1 Å². The quantitative estimate of drug-likeness (QED) is 0.877. The predicted molar refractivity (Wildman–Crippen MR) is 72.9 cm³/mol. The van der Waals surface area contributed by atoms with Gasteiger partial charge in [0.1, 0.15) is 5.82 Å². The Morgan fingerprint density at radius 3 is 2.94 bits per heavy atom. The maximum atomic E-state index is 4.56. The predicted octanol–water partition coefficient (Wildman–Crippen LogP) is 1.09. The fraction of sp³-hybridized carbons (Fsp3) is 0.500. The van der Waals surface area contributed by atoms with E-state index in [-0.39, 0.29) is 0 Å². The zero-order chi connectivity index (χ0) is 12.4. The summed E-state index contributed by atoms with van der Waals surface area (Å²) in [4.78, 5) is 7.07. The Hall–Kier alpha value is -1.39. The minimum absolute atomic E-state index is 1.03. The Morgan fingerprint density at radius 1 is 1.28 bits per heavy atom. The van der Waals surface area contributed by atoms with Gasteiger partial charge in [0.15, 0.2) is 0 Å². The van der Waals surface area contributed by atoms with Gasteiger partial charge in [0.05, 0.1) is 11.7 Å². The Balaban J connectivity index is 1.74. The van der Waals surface area contributed by atoms with E-state index in [1.54, 1.807) is 0 Å². The summed E-state index contributed by atoms with van der Waals surface area (Å²) in [5, 5.41) is 3.38. The van der Waals surface area contributed by atoms with Crippen molar-refractivity contribution >= 4 is 5.52 Å². The summed E-state index contributed by atoms with van der Waals surface area (Å²) in [6.07, 6.45) is 3.00. The smallest absolute Gasteiger partial charge is 0.114 e. The molecule has 2 aromatic heterocycles. The number of imidazole rings is 1. The molecule has 0 bridgehead atoms. The van der Waals surface area contributed by atoms with Gasteiger partial charge in [-0.15, -0.1) is 0 Å². The van der Waals surface area contributed by atoms with Gasteiger partial charge in [-0.3, -0.25) is 0 Å². The standard InChI is InChI=1S/C14H20N4/c1-12-3-2-4-13-11-16-14(18(12)13)5-8-17-9-6-15-7-10-17/h2-4,11,15H,5-10H2,1H3. The lowest BCUT2D eigenvalue weighted by Gasteiger charge is -2.26. The van der Waals surface area contributed by atoms with Crippen molar-refractivity contribution in [1.82, 2.24) is 19.6 Å². The lowest BCUT2D eigenvalue weighted by atomic mass is 10.3. The molecule has 0 aromatic carbocycles. The Kier molecular flexibility index (Phi) is 3.30. The third kappa shape index (κ3) is 2.26. The molecular formula is C14H20N4. The lowest BCUT2D eigenvalue weighted by Crippen LogP contribution is -2.44. The molecule has 96 valence electrons. The van der Waals surface area contributed by atoms with Crippen LogP contribution in [0.2, 0.25) is 0 Å². The van der Waals surface area contributed by atoms with Gasteiger partial charge in [0.2, 0.25) is 0 Å². The number of pyridine rings is 1. The van der Waals surface area contributed by atoms with Crippen LogP contribution in [0.3, 0.4) is 0 Å². The summed E-state index contributed by atoms with van der Waals surface area (Å²) in [5.74, 6) is 1.18. The number of rotatable bonds is 3. The van der Waals surface area contributed by atoms with Crippen molar-refractivity contribution in [3.63, 3.8) is 0 Å². The average Bonchev–Trinajstić information content (AvgIpc) is 2.82. The van der Waals surface area contributed by atoms with E-state index >= 15 is 0 Å². The molecule has 0 amide bonds. The van der Waals surface area contributed by atoms with Gasteiger partial charge in [0, 0.05) is 44.8 Å². The van der Waals surface area contributed by atoms with Crippen molar-refractivity contribution in [2.24, 2.45) is 0 Å². The fourth-order valence-corrected chi connectivity index (χ4v) is 2.66. The highest BCUT2D eigenvalue weighted by atomic mass is 15.2. The van der Waals surface area contributed by atoms with Crippen LogP contribution in [0.1, 0.15) is 11.5 Å². The minimum Gasteiger partial charge on any atom is -0.314 e. The van der Waals surface area contributed by atoms with Crippen LogP contribution in [0.15, 0.2) is 24.4 Å². The number of aromatic nitrogens is 2. The number of piperazine rings is 1. The highest BCUT2D eigenvalue weighted by Gasteiger charge is 2.11. The summed E-state index contributed by atoms with van der Waals surface area (Å²) in [7, 11) is 0. The first-order valence-electron chi connectivity index (χ1n) is 6.69. The molecule has 1 saturated heterocycles. The van der Waals surface area contributed by atoms with Crippen LogP contribution >= 0.6 is 0 Å². The molecule has 0 radical (unpaired) electrons. The van der Waals surface area contributed by atoms with Crippen molar-refractivity contribution in [3.8, 4) is 0 Å². The Morgan fingerprint density at radius 2 is 2.11 bits per heavy atom. The van der Waals surface area contributed by atoms with Gasteiger partial charge < -0.3 is 14.6 Å². The lowest BCUT2D eigenvalue weighted by molar-refractivity contribution is 0.242. The second kappa shape index (κ2) is 5.08. The first kappa shape index (κ1) is 11.7. The van der Waals surface area contributed by atoms with Gasteiger partial charge in [-0.05, 0) is 19.1 Å². The Bertz CT molecular complexity index is 526. The average molecular weight is 244 g/mol. The molecule has 0 spiro atoms. The summed E-state index contributed by atoms with van der Waals surface area (Å²) in [6, 6.07) is 6.35. The number of fused-ring (bicyclic) bond motifs is 1. The number of hydrogen-bond acceptors (Lipinski definition) is 3. The van der Waals surface area contributed by atoms with Gasteiger partial charge in [-0.1, -0.05) is 6.07 Å². The number of aryl methyl sites for hydroxylation is 1. The largest absolute Gasteiger partial charge is 0.314 e. The highest BCUT2D eigenvalue weighted by molar-refractivity contribution is 5.47. The SMILES string of the molecule is Cc1cccc2cnc(CCN3CCNCC3)n12. The van der Waals surface area contributed by atoms with E-state index in [1.807, 2.05) is 6.20 Å². The third-order valence-electron chi connectivity index (χ3n) is 3.68. The number of hydrogen-bond donors (Lipinski definition) is 1. The zero-order valence-corrected chi connectivity index (χ0v) is 10.9. The third-order valence-corrected chi connectivity index (χ3v) is 3.68. The molecule has 4 nitrogen and oxygen atoms in total. The second-order valence-corrected chi connectivity index (χ2v) is 4.94. The maximum Gasteiger partial charge on any atom is 0.114 e. The second-order valence-electron chi connectivity index (χ2n) is 4.94. The Labute approximate surface area is 108 Å². The number of nitrogens with one attached hydrogen (secondary N) is 1. The van der Waals surface area contributed by atoms with E-state index in [9.17, 15) is 0 Å². The van der Waals surface area contributed by atoms with Crippen molar-refractivity contribution in [1.29, 1.82) is 0 Å². The first-order chi connectivity index (χ1) is 8.84. The monoisotopic (exact) mass is 244 g/mol. The normalized spacial score (nSPS) is 17.4. The molecule has 0 atom stereocenters. The molecule has 0 aliphatic carbocycles. The van der Waals surface area contributed by atoms with E-state index in [0.29, 0.717) is 0 Å². The van der Waals surface area contributed by atoms with Crippen LogP contribution in [0.25, 0.3) is 5.52 Å². The molecular weight excluding hydrogens is 224 g/mol. The number of nitrogens with zero attached hydrogens (tertiary/aromatic N) is 3. The van der Waals surface area contributed by atoms with Gasteiger partial charge in [-0.2, -0.15) is 0 Å². The fourth-order valence-electron chi connectivity index (χ4n) is 2.66. The van der Waals surface area contributed by atoms with Crippen LogP contribution < -0.4 is 5.32 Å². The molecule has 2 aromatic rings. The van der Waals surface area contributed by atoms with Gasteiger partial charge in [-0.25, -0.2) is 4.98 Å². The van der Waals surface area contributed by atoms with Crippen LogP contribution in [0.4, 0.5) is 0 Å². The van der Waals surface area contributed by atoms with E-state index in [4.69, 9.17) is 0 Å². The maximum absolute atomic E-state index is 4.56. The molecule has 1 aliphatic heterocycles. The van der Waals surface area contributed by atoms with Crippen LogP contribution in [0, 0.1) is 6.92 Å². The zero-order valence-electron chi connectivity index (χ0n) is 10.9. The topological polar surface area (TPSA) is 32.6 Å². The molecule has 18 heavy (non-hydrogen) atoms. The van der Waals surface area contributed by atoms with Crippen LogP contribution in [-0.4, -0.2) is 47.0 Å². The molecule has 1 N–H and O–H groups in total. The summed E-state index contributed by atoms with van der Waals surface area (Å²) in [5.41, 5.74) is 2.46. The van der Waals surface area contributed by atoms with Crippen molar-refractivity contribution in [2.75, 3.05) is 32.7 Å². The minimum atomic E-state index is 1.03. The summed E-state index contributed by atoms with van der Waals surface area (Å²) >= 11 is 0. The summed E-state index contributed by atoms with van der Waals surface area (Å²) in [6.45, 7) is 7.78. The van der Waals surface area contributed by atoms with Crippen molar-refractivity contribution in [2.45, 2.75) is 13.3 Å². The van der Waals surface area contributed by atoms with Crippen molar-refractivity contribution in [3.05, 3.63) is 35.9 Å². The van der Waals surface area contributed by atoms with Crippen LogP contribution in [-0.2, 0) is 6.42 Å². The molecule has 0 saturated carbocycles. The van der Waals surface area contributed by atoms with Crippen molar-refractivity contribution < 1.29 is 0 Å². The van der Waals surface area contributed by atoms with E-state index < -0.39 is 0 Å².